The van der Waals surface area contributed by atoms with Gasteiger partial charge in [-0.3, -0.25) is 4.79 Å². The van der Waals surface area contributed by atoms with Gasteiger partial charge >= 0.3 is 0 Å². The van der Waals surface area contributed by atoms with Crippen LogP contribution in [0.5, 0.6) is 5.75 Å². The van der Waals surface area contributed by atoms with Gasteiger partial charge in [-0.15, -0.1) is 0 Å². The van der Waals surface area contributed by atoms with E-state index in [1.54, 1.807) is 23.1 Å². The molecule has 0 saturated carbocycles. The van der Waals surface area contributed by atoms with E-state index in [1.165, 1.54) is 0 Å². The molecule has 19 heavy (non-hydrogen) atoms. The number of ether oxygens (including phenoxy) is 1. The molecule has 0 radical (unpaired) electrons. The molecule has 0 aliphatic carbocycles. The van der Waals surface area contributed by atoms with Crippen LogP contribution >= 0.6 is 0 Å². The summed E-state index contributed by atoms with van der Waals surface area (Å²) in [5.74, 6) is 0.207. The molecule has 1 atom stereocenters. The first-order valence-electron chi connectivity index (χ1n) is 6.61. The Hall–Kier alpha value is -1.59. The molecule has 1 saturated heterocycles. The molecule has 2 rings (SSSR count). The fourth-order valence-corrected chi connectivity index (χ4v) is 2.24. The van der Waals surface area contributed by atoms with Crippen LogP contribution in [0.1, 0.15) is 13.3 Å². The predicted octanol–water partition coefficient (Wildman–Crippen LogP) is 1.12. The van der Waals surface area contributed by atoms with Gasteiger partial charge in [0.1, 0.15) is 5.75 Å². The lowest BCUT2D eigenvalue weighted by molar-refractivity contribution is -0.119. The molecule has 1 aromatic rings. The minimum absolute atomic E-state index is 0.0381. The summed E-state index contributed by atoms with van der Waals surface area (Å²) in [5, 5.41) is 12.8. The molecule has 0 bridgehead atoms. The van der Waals surface area contributed by atoms with Gasteiger partial charge < -0.3 is 20.1 Å². The minimum atomic E-state index is 0.0381. The van der Waals surface area contributed by atoms with E-state index in [1.807, 2.05) is 13.0 Å². The Labute approximate surface area is 113 Å². The van der Waals surface area contributed by atoms with Crippen LogP contribution < -0.4 is 10.2 Å². The van der Waals surface area contributed by atoms with Crippen LogP contribution in [-0.4, -0.2) is 43.4 Å². The molecule has 1 unspecified atom stereocenters. The number of hydrogen-bond donors (Lipinski definition) is 2. The summed E-state index contributed by atoms with van der Waals surface area (Å²) in [6, 6.07) is 6.84. The van der Waals surface area contributed by atoms with Crippen LogP contribution in [0.3, 0.4) is 0 Å². The largest absolute Gasteiger partial charge is 0.508 e. The third-order valence-electron chi connectivity index (χ3n) is 3.18. The van der Waals surface area contributed by atoms with Gasteiger partial charge in [0.15, 0.2) is 0 Å². The molecule has 1 amide bonds. The van der Waals surface area contributed by atoms with Crippen LogP contribution in [-0.2, 0) is 9.53 Å². The molecular weight excluding hydrogens is 244 g/mol. The van der Waals surface area contributed by atoms with Crippen molar-refractivity contribution in [3.63, 3.8) is 0 Å². The number of aromatic hydroxyl groups is 1. The first kappa shape index (κ1) is 13.8. The van der Waals surface area contributed by atoms with Crippen molar-refractivity contribution in [1.29, 1.82) is 0 Å². The molecule has 1 aliphatic heterocycles. The lowest BCUT2D eigenvalue weighted by Crippen LogP contribution is -2.45. The van der Waals surface area contributed by atoms with Gasteiger partial charge in [0, 0.05) is 37.3 Å². The fraction of sp³-hybridized carbons (Fsp3) is 0.500. The molecule has 5 heteroatoms. The summed E-state index contributed by atoms with van der Waals surface area (Å²) in [6.45, 7) is 4.57. The smallest absolute Gasteiger partial charge is 0.228 e. The Morgan fingerprint density at radius 2 is 2.42 bits per heavy atom. The Balaban J connectivity index is 2.02. The maximum Gasteiger partial charge on any atom is 0.228 e. The predicted molar refractivity (Wildman–Crippen MR) is 73.4 cm³/mol. The second-order valence-electron chi connectivity index (χ2n) is 4.59. The van der Waals surface area contributed by atoms with Crippen LogP contribution in [0, 0.1) is 0 Å². The van der Waals surface area contributed by atoms with Crippen molar-refractivity contribution in [3.05, 3.63) is 24.3 Å². The number of carbonyl (C=O) groups excluding carboxylic acids is 1. The van der Waals surface area contributed by atoms with Gasteiger partial charge in [0.25, 0.3) is 0 Å². The Bertz CT molecular complexity index is 430. The Morgan fingerprint density at radius 1 is 1.58 bits per heavy atom. The molecule has 2 N–H and O–H groups in total. The number of morpholine rings is 1. The number of benzene rings is 1. The van der Waals surface area contributed by atoms with Crippen molar-refractivity contribution >= 4 is 11.6 Å². The summed E-state index contributed by atoms with van der Waals surface area (Å²) in [5.41, 5.74) is 0.726. The van der Waals surface area contributed by atoms with E-state index in [0.717, 1.165) is 12.2 Å². The molecular formula is C14H20N2O3. The SMILES string of the molecule is CCN(C(=O)CC1COCCN1)c1cccc(O)c1. The quantitative estimate of drug-likeness (QED) is 0.855. The molecule has 0 aromatic heterocycles. The monoisotopic (exact) mass is 264 g/mol. The van der Waals surface area contributed by atoms with Crippen LogP contribution in [0.4, 0.5) is 5.69 Å². The molecule has 1 aromatic carbocycles. The van der Waals surface area contributed by atoms with Gasteiger partial charge in [-0.2, -0.15) is 0 Å². The van der Waals surface area contributed by atoms with E-state index < -0.39 is 0 Å². The highest BCUT2D eigenvalue weighted by molar-refractivity contribution is 5.93. The third-order valence-corrected chi connectivity index (χ3v) is 3.18. The number of hydrogen-bond acceptors (Lipinski definition) is 4. The van der Waals surface area contributed by atoms with Gasteiger partial charge in [0.2, 0.25) is 5.91 Å². The number of nitrogens with one attached hydrogen (secondary N) is 1. The van der Waals surface area contributed by atoms with E-state index in [4.69, 9.17) is 4.74 Å². The zero-order valence-corrected chi connectivity index (χ0v) is 11.1. The van der Waals surface area contributed by atoms with Gasteiger partial charge in [-0.05, 0) is 19.1 Å². The lowest BCUT2D eigenvalue weighted by atomic mass is 10.1. The second kappa shape index (κ2) is 6.54. The van der Waals surface area contributed by atoms with Crippen molar-refractivity contribution in [3.8, 4) is 5.75 Å². The maximum atomic E-state index is 12.3. The van der Waals surface area contributed by atoms with Crippen molar-refractivity contribution in [2.45, 2.75) is 19.4 Å². The van der Waals surface area contributed by atoms with E-state index >= 15 is 0 Å². The summed E-state index contributed by atoms with van der Waals surface area (Å²) < 4.78 is 5.35. The number of phenols is 1. The summed E-state index contributed by atoms with van der Waals surface area (Å²) in [6.07, 6.45) is 0.406. The van der Waals surface area contributed by atoms with Crippen molar-refractivity contribution in [1.82, 2.24) is 5.32 Å². The average molecular weight is 264 g/mol. The fourth-order valence-electron chi connectivity index (χ4n) is 2.24. The van der Waals surface area contributed by atoms with Crippen LogP contribution in [0.15, 0.2) is 24.3 Å². The van der Waals surface area contributed by atoms with E-state index in [-0.39, 0.29) is 17.7 Å². The van der Waals surface area contributed by atoms with Gasteiger partial charge in [-0.25, -0.2) is 0 Å². The summed E-state index contributed by atoms with van der Waals surface area (Å²) in [4.78, 5) is 14.0. The Morgan fingerprint density at radius 3 is 3.05 bits per heavy atom. The number of phenolic OH excluding ortho intramolecular Hbond substituents is 1. The molecule has 1 fully saturated rings. The molecule has 0 spiro atoms. The standard InChI is InChI=1S/C14H20N2O3/c1-2-16(12-4-3-5-13(17)9-12)14(18)8-11-10-19-7-6-15-11/h3-5,9,11,15,17H,2,6-8,10H2,1H3. The van der Waals surface area contributed by atoms with E-state index in [9.17, 15) is 9.90 Å². The molecule has 1 heterocycles. The molecule has 1 aliphatic rings. The molecule has 104 valence electrons. The van der Waals surface area contributed by atoms with Crippen molar-refractivity contribution < 1.29 is 14.6 Å². The highest BCUT2D eigenvalue weighted by Crippen LogP contribution is 2.21. The summed E-state index contributed by atoms with van der Waals surface area (Å²) >= 11 is 0. The highest BCUT2D eigenvalue weighted by Gasteiger charge is 2.21. The first-order valence-corrected chi connectivity index (χ1v) is 6.61. The number of amides is 1. The first-order chi connectivity index (χ1) is 9.20. The number of rotatable bonds is 4. The number of anilines is 1. The van der Waals surface area contributed by atoms with Gasteiger partial charge in [0.05, 0.1) is 13.2 Å². The number of nitrogens with zero attached hydrogens (tertiary/aromatic N) is 1. The van der Waals surface area contributed by atoms with Crippen LogP contribution in [0.25, 0.3) is 0 Å². The third kappa shape index (κ3) is 3.68. The van der Waals surface area contributed by atoms with Crippen LogP contribution in [0.2, 0.25) is 0 Å². The van der Waals surface area contributed by atoms with Gasteiger partial charge in [-0.1, -0.05) is 6.07 Å². The zero-order valence-electron chi connectivity index (χ0n) is 11.1. The average Bonchev–Trinajstić information content (AvgIpc) is 2.41. The minimum Gasteiger partial charge on any atom is -0.508 e. The molecule has 5 nitrogen and oxygen atoms in total. The number of carbonyl (C=O) groups is 1. The van der Waals surface area contributed by atoms with Crippen molar-refractivity contribution in [2.75, 3.05) is 31.2 Å². The maximum absolute atomic E-state index is 12.3. The van der Waals surface area contributed by atoms with Crippen molar-refractivity contribution in [2.24, 2.45) is 0 Å². The zero-order chi connectivity index (χ0) is 13.7. The second-order valence-corrected chi connectivity index (χ2v) is 4.59. The lowest BCUT2D eigenvalue weighted by Gasteiger charge is -2.27. The van der Waals surface area contributed by atoms with E-state index in [0.29, 0.717) is 26.2 Å². The topological polar surface area (TPSA) is 61.8 Å². The van der Waals surface area contributed by atoms with E-state index in [2.05, 4.69) is 5.32 Å². The highest BCUT2D eigenvalue weighted by atomic mass is 16.5. The Kier molecular flexibility index (Phi) is 4.76. The normalized spacial score (nSPS) is 19.1. The summed E-state index contributed by atoms with van der Waals surface area (Å²) in [7, 11) is 0.